The predicted octanol–water partition coefficient (Wildman–Crippen LogP) is 1.95. The topological polar surface area (TPSA) is 38.2 Å². The van der Waals surface area contributed by atoms with Crippen molar-refractivity contribution in [2.24, 2.45) is 0 Å². The van der Waals surface area contributed by atoms with Crippen molar-refractivity contribution in [1.29, 1.82) is 0 Å². The van der Waals surface area contributed by atoms with Gasteiger partial charge < -0.3 is 9.64 Å². The maximum Gasteiger partial charge on any atom is 0.198 e. The first-order chi connectivity index (χ1) is 7.83. The number of morpholine rings is 1. The molecule has 16 heavy (non-hydrogen) atoms. The zero-order chi connectivity index (χ0) is 11.0. The lowest BCUT2D eigenvalue weighted by atomic mass is 10.2. The summed E-state index contributed by atoms with van der Waals surface area (Å²) in [6.07, 6.45) is 2.54. The Labute approximate surface area is 103 Å². The van der Waals surface area contributed by atoms with Crippen molar-refractivity contribution in [3.63, 3.8) is 0 Å². The molecule has 0 N–H and O–H groups in total. The van der Waals surface area contributed by atoms with Crippen LogP contribution in [0.1, 0.15) is 24.5 Å². The largest absolute Gasteiger partial charge is 0.378 e. The van der Waals surface area contributed by atoms with Crippen molar-refractivity contribution in [3.8, 4) is 0 Å². The highest BCUT2D eigenvalue weighted by molar-refractivity contribution is 9.10. The molecule has 4 nitrogen and oxygen atoms in total. The zero-order valence-electron chi connectivity index (χ0n) is 9.03. The molecule has 0 aromatic carbocycles. The van der Waals surface area contributed by atoms with Gasteiger partial charge in [-0.3, -0.25) is 0 Å². The summed E-state index contributed by atoms with van der Waals surface area (Å²) < 4.78 is 6.05. The van der Waals surface area contributed by atoms with Gasteiger partial charge in [-0.1, -0.05) is 0 Å². The van der Waals surface area contributed by atoms with Crippen molar-refractivity contribution in [2.45, 2.75) is 18.8 Å². The molecule has 0 radical (unpaired) electrons. The Bertz CT molecular complexity index is 389. The fourth-order valence-electron chi connectivity index (χ4n) is 1.97. The van der Waals surface area contributed by atoms with Gasteiger partial charge in [0, 0.05) is 25.1 Å². The summed E-state index contributed by atoms with van der Waals surface area (Å²) in [5.74, 6) is 1.70. The van der Waals surface area contributed by atoms with Crippen molar-refractivity contribution in [1.82, 2.24) is 9.97 Å². The second kappa shape index (κ2) is 4.30. The maximum absolute atomic E-state index is 5.34. The lowest BCUT2D eigenvalue weighted by Gasteiger charge is -2.28. The van der Waals surface area contributed by atoms with Gasteiger partial charge in [-0.15, -0.1) is 0 Å². The number of hydrogen-bond donors (Lipinski definition) is 0. The van der Waals surface area contributed by atoms with Crippen LogP contribution in [0.3, 0.4) is 0 Å². The number of hydrogen-bond acceptors (Lipinski definition) is 4. The second-order valence-corrected chi connectivity index (χ2v) is 5.00. The van der Waals surface area contributed by atoms with Gasteiger partial charge >= 0.3 is 0 Å². The number of halogens is 1. The molecule has 2 heterocycles. The number of nitrogens with zero attached hydrogens (tertiary/aromatic N) is 3. The summed E-state index contributed by atoms with van der Waals surface area (Å²) in [5, 5.41) is 0. The van der Waals surface area contributed by atoms with E-state index in [2.05, 4.69) is 36.9 Å². The van der Waals surface area contributed by atoms with Crippen molar-refractivity contribution < 1.29 is 4.74 Å². The van der Waals surface area contributed by atoms with Gasteiger partial charge in [-0.05, 0) is 28.8 Å². The Morgan fingerprint density at radius 3 is 2.69 bits per heavy atom. The minimum Gasteiger partial charge on any atom is -0.378 e. The van der Waals surface area contributed by atoms with Gasteiger partial charge in [0.15, 0.2) is 4.73 Å². The molecule has 2 fully saturated rings. The van der Waals surface area contributed by atoms with Crippen molar-refractivity contribution in [2.75, 3.05) is 31.2 Å². The molecule has 1 saturated heterocycles. The number of rotatable bonds is 2. The van der Waals surface area contributed by atoms with Crippen LogP contribution in [0.25, 0.3) is 0 Å². The van der Waals surface area contributed by atoms with Crippen LogP contribution in [-0.2, 0) is 4.74 Å². The highest BCUT2D eigenvalue weighted by atomic mass is 79.9. The minimum atomic E-state index is 0.666. The molecule has 0 atom stereocenters. The van der Waals surface area contributed by atoms with Gasteiger partial charge in [0.05, 0.1) is 18.9 Å². The van der Waals surface area contributed by atoms with E-state index in [-0.39, 0.29) is 0 Å². The first kappa shape index (κ1) is 10.5. The molecule has 1 aliphatic heterocycles. The summed E-state index contributed by atoms with van der Waals surface area (Å²) in [4.78, 5) is 11.1. The second-order valence-electron chi connectivity index (χ2n) is 4.29. The predicted molar refractivity (Wildman–Crippen MR) is 64.7 cm³/mol. The molecule has 0 amide bonds. The molecule has 0 spiro atoms. The van der Waals surface area contributed by atoms with E-state index in [1.54, 1.807) is 0 Å². The first-order valence-electron chi connectivity index (χ1n) is 5.70. The molecule has 0 bridgehead atoms. The van der Waals surface area contributed by atoms with E-state index in [0.717, 1.165) is 32.1 Å². The SMILES string of the molecule is Brc1nc(C2CC2)cc(N2CCOCC2)n1. The Morgan fingerprint density at radius 1 is 1.25 bits per heavy atom. The monoisotopic (exact) mass is 283 g/mol. The standard InChI is InChI=1S/C11H14BrN3O/c12-11-13-9(8-1-2-8)7-10(14-11)15-3-5-16-6-4-15/h7-8H,1-6H2. The van der Waals surface area contributed by atoms with Gasteiger partial charge in [0.1, 0.15) is 5.82 Å². The van der Waals surface area contributed by atoms with E-state index in [9.17, 15) is 0 Å². The number of aromatic nitrogens is 2. The molecule has 1 saturated carbocycles. The minimum absolute atomic E-state index is 0.666. The fourth-order valence-corrected chi connectivity index (χ4v) is 2.35. The van der Waals surface area contributed by atoms with Crippen LogP contribution in [-0.4, -0.2) is 36.3 Å². The van der Waals surface area contributed by atoms with E-state index >= 15 is 0 Å². The van der Waals surface area contributed by atoms with Gasteiger partial charge in [0.2, 0.25) is 0 Å². The zero-order valence-corrected chi connectivity index (χ0v) is 10.6. The van der Waals surface area contributed by atoms with Crippen LogP contribution >= 0.6 is 15.9 Å². The summed E-state index contributed by atoms with van der Waals surface area (Å²) in [6, 6.07) is 2.13. The van der Waals surface area contributed by atoms with Crippen LogP contribution in [0, 0.1) is 0 Å². The van der Waals surface area contributed by atoms with Crippen LogP contribution in [0.15, 0.2) is 10.8 Å². The summed E-state index contributed by atoms with van der Waals surface area (Å²) in [5.41, 5.74) is 1.18. The number of anilines is 1. The Morgan fingerprint density at radius 2 is 2.00 bits per heavy atom. The van der Waals surface area contributed by atoms with Crippen LogP contribution in [0.5, 0.6) is 0 Å². The molecule has 1 aromatic heterocycles. The van der Waals surface area contributed by atoms with Gasteiger partial charge in [-0.2, -0.15) is 0 Å². The molecule has 1 aliphatic carbocycles. The average molecular weight is 284 g/mol. The molecule has 0 unspecified atom stereocenters. The smallest absolute Gasteiger partial charge is 0.198 e. The molecule has 2 aliphatic rings. The molecule has 86 valence electrons. The van der Waals surface area contributed by atoms with E-state index < -0.39 is 0 Å². The summed E-state index contributed by atoms with van der Waals surface area (Å²) in [7, 11) is 0. The van der Waals surface area contributed by atoms with Gasteiger partial charge in [-0.25, -0.2) is 9.97 Å². The van der Waals surface area contributed by atoms with Crippen LogP contribution in [0.2, 0.25) is 0 Å². The lowest BCUT2D eigenvalue weighted by Crippen LogP contribution is -2.36. The molecule has 1 aromatic rings. The highest BCUT2D eigenvalue weighted by Crippen LogP contribution is 2.40. The third-order valence-corrected chi connectivity index (χ3v) is 3.39. The quantitative estimate of drug-likeness (QED) is 0.778. The molecular formula is C11H14BrN3O. The third-order valence-electron chi connectivity index (χ3n) is 3.04. The van der Waals surface area contributed by atoms with E-state index in [0.29, 0.717) is 10.7 Å². The average Bonchev–Trinajstić information content (AvgIpc) is 3.13. The fraction of sp³-hybridized carbons (Fsp3) is 0.636. The Balaban J connectivity index is 1.86. The number of ether oxygens (including phenoxy) is 1. The molecule has 3 rings (SSSR count). The highest BCUT2D eigenvalue weighted by Gasteiger charge is 2.26. The normalized spacial score (nSPS) is 21.2. The van der Waals surface area contributed by atoms with E-state index in [1.165, 1.54) is 18.5 Å². The van der Waals surface area contributed by atoms with Crippen LogP contribution in [0.4, 0.5) is 5.82 Å². The van der Waals surface area contributed by atoms with E-state index in [4.69, 9.17) is 4.74 Å². The summed E-state index contributed by atoms with van der Waals surface area (Å²) in [6.45, 7) is 3.43. The van der Waals surface area contributed by atoms with E-state index in [1.807, 2.05) is 0 Å². The molecule has 5 heteroatoms. The Hall–Kier alpha value is -0.680. The van der Waals surface area contributed by atoms with Crippen molar-refractivity contribution in [3.05, 3.63) is 16.5 Å². The first-order valence-corrected chi connectivity index (χ1v) is 6.49. The maximum atomic E-state index is 5.34. The summed E-state index contributed by atoms with van der Waals surface area (Å²) >= 11 is 3.40. The third kappa shape index (κ3) is 2.20. The van der Waals surface area contributed by atoms with Crippen molar-refractivity contribution >= 4 is 21.7 Å². The van der Waals surface area contributed by atoms with Gasteiger partial charge in [0.25, 0.3) is 0 Å². The Kier molecular flexibility index (Phi) is 2.81. The van der Waals surface area contributed by atoms with Crippen LogP contribution < -0.4 is 4.90 Å². The lowest BCUT2D eigenvalue weighted by molar-refractivity contribution is 0.122. The molecular weight excluding hydrogens is 270 g/mol.